The van der Waals surface area contributed by atoms with E-state index in [-0.39, 0.29) is 12.0 Å². The molecule has 0 saturated carbocycles. The van der Waals surface area contributed by atoms with Gasteiger partial charge in [0.2, 0.25) is 0 Å². The summed E-state index contributed by atoms with van der Waals surface area (Å²) in [5.41, 5.74) is 1.24. The zero-order chi connectivity index (χ0) is 19.1. The third-order valence-electron chi connectivity index (χ3n) is 4.12. The molecule has 5 nitrogen and oxygen atoms in total. The van der Waals surface area contributed by atoms with Gasteiger partial charge in [-0.3, -0.25) is 4.79 Å². The summed E-state index contributed by atoms with van der Waals surface area (Å²) in [5, 5.41) is 2.88. The molecule has 1 saturated heterocycles. The molecule has 3 rings (SSSR count). The molecule has 0 aliphatic carbocycles. The lowest BCUT2D eigenvalue weighted by molar-refractivity contribution is 0.0679. The molecule has 1 amide bonds. The molecule has 1 unspecified atom stereocenters. The molecule has 0 spiro atoms. The SMILES string of the molecule is C=CCOc1ccc(C(=O)Nc2ccc(OCC3CCCO3)cc2)cc1Br. The Morgan fingerprint density at radius 3 is 2.74 bits per heavy atom. The van der Waals surface area contributed by atoms with E-state index in [0.29, 0.717) is 30.2 Å². The van der Waals surface area contributed by atoms with Gasteiger partial charge in [-0.05, 0) is 71.2 Å². The van der Waals surface area contributed by atoms with Gasteiger partial charge in [0.15, 0.2) is 0 Å². The Morgan fingerprint density at radius 2 is 2.07 bits per heavy atom. The van der Waals surface area contributed by atoms with Crippen molar-refractivity contribution in [3.8, 4) is 11.5 Å². The van der Waals surface area contributed by atoms with Crippen molar-refractivity contribution in [2.45, 2.75) is 18.9 Å². The summed E-state index contributed by atoms with van der Waals surface area (Å²) in [6.45, 7) is 5.40. The Morgan fingerprint density at radius 1 is 1.26 bits per heavy atom. The highest BCUT2D eigenvalue weighted by atomic mass is 79.9. The van der Waals surface area contributed by atoms with E-state index in [1.807, 2.05) is 24.3 Å². The number of carbonyl (C=O) groups excluding carboxylic acids is 1. The number of hydrogen-bond acceptors (Lipinski definition) is 4. The molecule has 1 N–H and O–H groups in total. The highest BCUT2D eigenvalue weighted by Gasteiger charge is 2.16. The minimum atomic E-state index is -0.195. The van der Waals surface area contributed by atoms with Crippen molar-refractivity contribution < 1.29 is 19.0 Å². The smallest absolute Gasteiger partial charge is 0.255 e. The molecule has 27 heavy (non-hydrogen) atoms. The first-order chi connectivity index (χ1) is 13.2. The standard InChI is InChI=1S/C21H22BrNO4/c1-2-11-26-20-10-5-15(13-19(20)22)21(24)23-16-6-8-17(9-7-16)27-14-18-4-3-12-25-18/h2,5-10,13,18H,1,3-4,11-12,14H2,(H,23,24). The van der Waals surface area contributed by atoms with Crippen molar-refractivity contribution in [2.24, 2.45) is 0 Å². The predicted molar refractivity (Wildman–Crippen MR) is 109 cm³/mol. The Kier molecular flexibility index (Phi) is 6.90. The van der Waals surface area contributed by atoms with Gasteiger partial charge in [0.05, 0.1) is 10.6 Å². The van der Waals surface area contributed by atoms with E-state index >= 15 is 0 Å². The van der Waals surface area contributed by atoms with Crippen LogP contribution in [0.4, 0.5) is 5.69 Å². The van der Waals surface area contributed by atoms with Gasteiger partial charge in [-0.1, -0.05) is 12.7 Å². The van der Waals surface area contributed by atoms with Crippen LogP contribution in [0.1, 0.15) is 23.2 Å². The van der Waals surface area contributed by atoms with Gasteiger partial charge in [-0.2, -0.15) is 0 Å². The third-order valence-corrected chi connectivity index (χ3v) is 4.74. The van der Waals surface area contributed by atoms with Crippen LogP contribution in [-0.2, 0) is 4.74 Å². The highest BCUT2D eigenvalue weighted by Crippen LogP contribution is 2.26. The highest BCUT2D eigenvalue weighted by molar-refractivity contribution is 9.10. The molecule has 2 aromatic carbocycles. The van der Waals surface area contributed by atoms with Crippen LogP contribution in [-0.4, -0.2) is 31.8 Å². The molecule has 2 aromatic rings. The molecule has 0 bridgehead atoms. The van der Waals surface area contributed by atoms with E-state index < -0.39 is 0 Å². The number of benzene rings is 2. The lowest BCUT2D eigenvalue weighted by Gasteiger charge is -2.12. The Labute approximate surface area is 167 Å². The van der Waals surface area contributed by atoms with Crippen LogP contribution in [0, 0.1) is 0 Å². The first-order valence-electron chi connectivity index (χ1n) is 8.85. The zero-order valence-electron chi connectivity index (χ0n) is 14.9. The number of hydrogen-bond donors (Lipinski definition) is 1. The van der Waals surface area contributed by atoms with E-state index in [2.05, 4.69) is 27.8 Å². The maximum absolute atomic E-state index is 12.4. The average Bonchev–Trinajstić information content (AvgIpc) is 3.20. The van der Waals surface area contributed by atoms with Crippen molar-refractivity contribution in [3.63, 3.8) is 0 Å². The molecular formula is C21H22BrNO4. The molecule has 1 aliphatic heterocycles. The van der Waals surface area contributed by atoms with Gasteiger partial charge >= 0.3 is 0 Å². The number of halogens is 1. The van der Waals surface area contributed by atoms with Gasteiger partial charge in [-0.15, -0.1) is 0 Å². The maximum atomic E-state index is 12.4. The Bertz CT molecular complexity index is 785. The van der Waals surface area contributed by atoms with Crippen LogP contribution >= 0.6 is 15.9 Å². The zero-order valence-corrected chi connectivity index (χ0v) is 16.5. The molecule has 0 aromatic heterocycles. The van der Waals surface area contributed by atoms with Crippen molar-refractivity contribution in [1.29, 1.82) is 0 Å². The van der Waals surface area contributed by atoms with Crippen molar-refractivity contribution in [1.82, 2.24) is 0 Å². The minimum Gasteiger partial charge on any atom is -0.491 e. The predicted octanol–water partition coefficient (Wildman–Crippen LogP) is 4.82. The van der Waals surface area contributed by atoms with E-state index in [1.54, 1.807) is 24.3 Å². The number of nitrogens with one attached hydrogen (secondary N) is 1. The van der Waals surface area contributed by atoms with Crippen LogP contribution in [0.3, 0.4) is 0 Å². The van der Waals surface area contributed by atoms with Gasteiger partial charge in [0.1, 0.15) is 24.7 Å². The minimum absolute atomic E-state index is 0.182. The van der Waals surface area contributed by atoms with E-state index in [1.165, 1.54) is 0 Å². The Balaban J connectivity index is 1.55. The number of anilines is 1. The second kappa shape index (κ2) is 9.58. The summed E-state index contributed by atoms with van der Waals surface area (Å²) in [6, 6.07) is 12.5. The molecule has 6 heteroatoms. The number of amides is 1. The van der Waals surface area contributed by atoms with Gasteiger partial charge in [0, 0.05) is 17.9 Å². The van der Waals surface area contributed by atoms with Crippen LogP contribution in [0.25, 0.3) is 0 Å². The normalized spacial score (nSPS) is 16.0. The summed E-state index contributed by atoms with van der Waals surface area (Å²) in [7, 11) is 0. The maximum Gasteiger partial charge on any atom is 0.255 e. The number of carbonyl (C=O) groups is 1. The molecule has 1 fully saturated rings. The number of rotatable bonds is 8. The van der Waals surface area contributed by atoms with Crippen molar-refractivity contribution in [2.75, 3.05) is 25.1 Å². The van der Waals surface area contributed by atoms with Crippen LogP contribution < -0.4 is 14.8 Å². The first kappa shape index (κ1) is 19.5. The second-order valence-electron chi connectivity index (χ2n) is 6.17. The van der Waals surface area contributed by atoms with Gasteiger partial charge < -0.3 is 19.5 Å². The molecule has 1 atom stereocenters. The summed E-state index contributed by atoms with van der Waals surface area (Å²) >= 11 is 3.42. The largest absolute Gasteiger partial charge is 0.491 e. The lowest BCUT2D eigenvalue weighted by Crippen LogP contribution is -2.16. The van der Waals surface area contributed by atoms with E-state index in [4.69, 9.17) is 14.2 Å². The third kappa shape index (κ3) is 5.58. The summed E-state index contributed by atoms with van der Waals surface area (Å²) in [4.78, 5) is 12.4. The molecule has 0 radical (unpaired) electrons. The molecule has 142 valence electrons. The van der Waals surface area contributed by atoms with E-state index in [9.17, 15) is 4.79 Å². The summed E-state index contributed by atoms with van der Waals surface area (Å²) in [6.07, 6.45) is 3.99. The second-order valence-corrected chi connectivity index (χ2v) is 7.02. The summed E-state index contributed by atoms with van der Waals surface area (Å²) in [5.74, 6) is 1.23. The topological polar surface area (TPSA) is 56.8 Å². The first-order valence-corrected chi connectivity index (χ1v) is 9.64. The average molecular weight is 432 g/mol. The fourth-order valence-corrected chi connectivity index (χ4v) is 3.20. The fraction of sp³-hybridized carbons (Fsp3) is 0.286. The number of ether oxygens (including phenoxy) is 3. The fourth-order valence-electron chi connectivity index (χ4n) is 2.71. The van der Waals surface area contributed by atoms with Crippen LogP contribution in [0.2, 0.25) is 0 Å². The van der Waals surface area contributed by atoms with Crippen molar-refractivity contribution >= 4 is 27.5 Å². The molecular weight excluding hydrogens is 410 g/mol. The van der Waals surface area contributed by atoms with Gasteiger partial charge in [0.25, 0.3) is 5.91 Å². The van der Waals surface area contributed by atoms with Crippen LogP contribution in [0.15, 0.2) is 59.6 Å². The lowest BCUT2D eigenvalue weighted by atomic mass is 10.2. The molecule has 1 heterocycles. The van der Waals surface area contributed by atoms with Crippen LogP contribution in [0.5, 0.6) is 11.5 Å². The Hall–Kier alpha value is -2.31. The van der Waals surface area contributed by atoms with Gasteiger partial charge in [-0.25, -0.2) is 0 Å². The summed E-state index contributed by atoms with van der Waals surface area (Å²) < 4.78 is 17.5. The van der Waals surface area contributed by atoms with E-state index in [0.717, 1.165) is 29.7 Å². The quantitative estimate of drug-likeness (QED) is 0.608. The monoisotopic (exact) mass is 431 g/mol. The van der Waals surface area contributed by atoms with Crippen molar-refractivity contribution in [3.05, 3.63) is 65.2 Å². The molecule has 1 aliphatic rings.